The van der Waals surface area contributed by atoms with Gasteiger partial charge in [0.05, 0.1) is 39.5 Å². The quantitative estimate of drug-likeness (QED) is 0.145. The number of para-hydroxylation sites is 1. The van der Waals surface area contributed by atoms with Crippen LogP contribution in [0.2, 0.25) is 0 Å². The van der Waals surface area contributed by atoms with Gasteiger partial charge < -0.3 is 0 Å². The number of fused-ring (bicyclic) bond motifs is 35. The van der Waals surface area contributed by atoms with E-state index in [9.17, 15) is 0 Å². The molecule has 0 amide bonds. The largest absolute Gasteiger partial charge is 0.264 e. The fraction of sp³-hybridized carbons (Fsp3) is 0.164. The van der Waals surface area contributed by atoms with E-state index in [4.69, 9.17) is 15.0 Å². The highest BCUT2D eigenvalue weighted by Crippen LogP contribution is 2.49. The van der Waals surface area contributed by atoms with Crippen molar-refractivity contribution in [1.82, 2.24) is 49.8 Å². The lowest BCUT2D eigenvalue weighted by molar-refractivity contribution is 1.09. The van der Waals surface area contributed by atoms with Gasteiger partial charge >= 0.3 is 0 Å². The van der Waals surface area contributed by atoms with Gasteiger partial charge in [-0.15, -0.1) is 0 Å². The zero-order valence-electron chi connectivity index (χ0n) is 71.5. The van der Waals surface area contributed by atoms with E-state index in [2.05, 4.69) is 344 Å². The number of hydrogen-bond acceptors (Lipinski definition) is 10. The first kappa shape index (κ1) is 90.1. The van der Waals surface area contributed by atoms with Gasteiger partial charge in [-0.2, -0.15) is 0 Å². The van der Waals surface area contributed by atoms with Crippen LogP contribution >= 0.6 is 0 Å². The second-order valence-corrected chi connectivity index (χ2v) is 34.0. The Morgan fingerprint density at radius 2 is 0.591 bits per heavy atom. The van der Waals surface area contributed by atoms with Crippen LogP contribution < -0.4 is 0 Å². The molecule has 0 aliphatic heterocycles. The lowest BCUT2D eigenvalue weighted by Gasteiger charge is -2.08. The average Bonchev–Trinajstić information content (AvgIpc) is 1.62. The van der Waals surface area contributed by atoms with E-state index in [0.29, 0.717) is 0 Å². The summed E-state index contributed by atoms with van der Waals surface area (Å²) in [6.07, 6.45) is 18.1. The molecule has 7 aliphatic carbocycles. The number of benzene rings is 11. The summed E-state index contributed by atoms with van der Waals surface area (Å²) < 4.78 is 0. The third-order valence-corrected chi connectivity index (χ3v) is 26.7. The van der Waals surface area contributed by atoms with Gasteiger partial charge in [0.1, 0.15) is 0 Å². The van der Waals surface area contributed by atoms with E-state index in [1.54, 1.807) is 0 Å². The van der Waals surface area contributed by atoms with Crippen molar-refractivity contribution < 1.29 is 0 Å². The second kappa shape index (κ2) is 37.4. The Morgan fingerprint density at radius 3 is 1.17 bits per heavy atom. The van der Waals surface area contributed by atoms with Crippen molar-refractivity contribution in [2.24, 2.45) is 0 Å². The first-order valence-electron chi connectivity index (χ1n) is 43.7. The van der Waals surface area contributed by atoms with E-state index >= 15 is 0 Å². The van der Waals surface area contributed by atoms with Gasteiger partial charge in [-0.1, -0.05) is 287 Å². The standard InChI is InChI=1S/C18H14.2C17H13N.4C16H12N2.6CH4/c1-12-5-4-8-16-17(12)11-14-10-9-13-6-2-3-7-15(13)18(14)16;1-11-13-7-4-5-9-15(13)17-14-8-3-2-6-12(14)10-16(17)18-11;1-11-15-10-12-6-2-3-7-13(12)17(15)14-8-4-5-9-16(14)18-11;1-10-13-9-11-5-2-3-6-12(11)15(13)16-14(18-10)7-4-8-17-16;1-10-14-9-11-5-2-3-6-12(11)15(14)13-7-4-8-17-16(13)18-10;1-10-13-8-11-4-2-3-5-12(11)16(13)14-9-17-7-6-15(14)18-10;1-10-14-8-11-4-2-3-5-12(11)16(14)13-6-7-17-9-15(13)18-10;;;;;;/h2-10H,11H2,1H3;2*2-9H,10H2,1H3;2*2-8H,9H2,1H3;2*2-7,9H,8H2,1H3;6*1H4. The minimum Gasteiger partial charge on any atom is -0.264 e. The van der Waals surface area contributed by atoms with Crippen molar-refractivity contribution in [2.75, 3.05) is 0 Å². The molecular formula is C122H112N10. The molecule has 0 fully saturated rings. The van der Waals surface area contributed by atoms with Crippen LogP contribution in [-0.2, 0) is 44.9 Å². The van der Waals surface area contributed by atoms with Crippen LogP contribution in [0.25, 0.3) is 154 Å². The van der Waals surface area contributed by atoms with Crippen molar-refractivity contribution >= 4 is 76.3 Å². The molecule has 10 aromatic heterocycles. The molecule has 0 saturated carbocycles. The molecule has 11 aromatic carbocycles. The first-order chi connectivity index (χ1) is 61.9. The highest BCUT2D eigenvalue weighted by atomic mass is 14.8. The number of hydrogen-bond donors (Lipinski definition) is 0. The number of aromatic nitrogens is 10. The van der Waals surface area contributed by atoms with E-state index in [1.165, 1.54) is 210 Å². The lowest BCUT2D eigenvalue weighted by Crippen LogP contribution is -1.94. The molecule has 28 rings (SSSR count). The van der Waals surface area contributed by atoms with Crippen LogP contribution in [0, 0.1) is 48.5 Å². The Bertz CT molecular complexity index is 7280. The summed E-state index contributed by atoms with van der Waals surface area (Å²) in [6.45, 7) is 14.8. The van der Waals surface area contributed by atoms with Gasteiger partial charge in [0.15, 0.2) is 5.65 Å². The molecule has 10 heteroatoms. The van der Waals surface area contributed by atoms with Crippen molar-refractivity contribution in [3.05, 3.63) is 440 Å². The average molecular weight is 1720 g/mol. The zero-order chi connectivity index (χ0) is 84.8. The van der Waals surface area contributed by atoms with Gasteiger partial charge in [0.25, 0.3) is 0 Å². The zero-order valence-corrected chi connectivity index (χ0v) is 71.5. The number of nitrogens with zero attached hydrogens (tertiary/aromatic N) is 10. The summed E-state index contributed by atoms with van der Waals surface area (Å²) >= 11 is 0. The lowest BCUT2D eigenvalue weighted by atomic mass is 9.97. The summed E-state index contributed by atoms with van der Waals surface area (Å²) in [6, 6.07) is 101. The summed E-state index contributed by atoms with van der Waals surface area (Å²) in [4.78, 5) is 45.5. The summed E-state index contributed by atoms with van der Waals surface area (Å²) in [5.41, 5.74) is 52.7. The molecule has 0 atom stereocenters. The molecule has 10 heterocycles. The maximum Gasteiger partial charge on any atom is 0.159 e. The minimum atomic E-state index is 0. The molecule has 0 spiro atoms. The summed E-state index contributed by atoms with van der Waals surface area (Å²) in [5, 5.41) is 10.2. The number of aryl methyl sites for hydroxylation is 7. The van der Waals surface area contributed by atoms with E-state index < -0.39 is 0 Å². The van der Waals surface area contributed by atoms with Crippen molar-refractivity contribution in [2.45, 2.75) is 138 Å². The molecule has 650 valence electrons. The molecule has 0 saturated heterocycles. The summed E-state index contributed by atoms with van der Waals surface area (Å²) in [5.74, 6) is 0. The molecular weight excluding hydrogens is 1610 g/mol. The van der Waals surface area contributed by atoms with Crippen molar-refractivity contribution in [3.63, 3.8) is 0 Å². The normalized spacial score (nSPS) is 11.9. The smallest absolute Gasteiger partial charge is 0.159 e. The Balaban J connectivity index is 0.000000112. The van der Waals surface area contributed by atoms with Crippen molar-refractivity contribution in [1.29, 1.82) is 0 Å². The second-order valence-electron chi connectivity index (χ2n) is 34.0. The SMILES string of the molecule is C.C.C.C.C.C.Cc1cccc2c1Cc1ccc3ccccc3c1-2.Cc1nc2c(c3ccccc13)-c1ccccc1C2.Cc1nc2ccccc2c2c1Cc1ccccc1-2.Cc1nc2cccnc2c2c1Cc1ccccc1-2.Cc1nc2ccncc2c2c1Cc1ccccc1-2.Cc1nc2cnccc2c2c1Cc1ccccc1-2.Cc1nc2ncccc2c2c1Cc1ccccc1-2. The maximum absolute atomic E-state index is 4.80. The monoisotopic (exact) mass is 1720 g/mol. The predicted octanol–water partition coefficient (Wildman–Crippen LogP) is 30.8. The number of rotatable bonds is 0. The van der Waals surface area contributed by atoms with Gasteiger partial charge in [0.2, 0.25) is 0 Å². The van der Waals surface area contributed by atoms with Crippen LogP contribution in [0.1, 0.15) is 162 Å². The fourth-order valence-corrected chi connectivity index (χ4v) is 20.7. The van der Waals surface area contributed by atoms with Crippen LogP contribution in [-0.4, -0.2) is 49.8 Å². The molecule has 0 radical (unpaired) electrons. The molecule has 7 aliphatic rings. The number of pyridine rings is 10. The molecule has 132 heavy (non-hydrogen) atoms. The summed E-state index contributed by atoms with van der Waals surface area (Å²) in [7, 11) is 0. The van der Waals surface area contributed by atoms with Gasteiger partial charge in [-0.3, -0.25) is 39.9 Å². The van der Waals surface area contributed by atoms with E-state index in [1.807, 2.05) is 61.4 Å². The predicted molar refractivity (Wildman–Crippen MR) is 557 cm³/mol. The van der Waals surface area contributed by atoms with Gasteiger partial charge in [-0.25, -0.2) is 9.97 Å². The van der Waals surface area contributed by atoms with E-state index in [-0.39, 0.29) is 44.6 Å². The van der Waals surface area contributed by atoms with Gasteiger partial charge in [0, 0.05) is 142 Å². The third kappa shape index (κ3) is 15.8. The van der Waals surface area contributed by atoms with Crippen molar-refractivity contribution in [3.8, 4) is 77.9 Å². The topological polar surface area (TPSA) is 129 Å². The minimum absolute atomic E-state index is 0. The molecule has 10 nitrogen and oxygen atoms in total. The molecule has 0 unspecified atom stereocenters. The van der Waals surface area contributed by atoms with Crippen LogP contribution in [0.5, 0.6) is 0 Å². The third-order valence-electron chi connectivity index (χ3n) is 26.7. The highest BCUT2D eigenvalue weighted by Gasteiger charge is 2.31. The van der Waals surface area contributed by atoms with Crippen LogP contribution in [0.15, 0.2) is 322 Å². The molecule has 0 N–H and O–H groups in total. The van der Waals surface area contributed by atoms with Crippen LogP contribution in [0.4, 0.5) is 0 Å². The molecule has 21 aromatic rings. The van der Waals surface area contributed by atoms with Gasteiger partial charge in [-0.05, 0) is 258 Å². The van der Waals surface area contributed by atoms with E-state index in [0.717, 1.165) is 107 Å². The maximum atomic E-state index is 4.80. The fourth-order valence-electron chi connectivity index (χ4n) is 20.7. The first-order valence-corrected chi connectivity index (χ1v) is 43.7. The Labute approximate surface area is 776 Å². The highest BCUT2D eigenvalue weighted by molar-refractivity contribution is 6.06. The Hall–Kier alpha value is -15.3. The van der Waals surface area contributed by atoms with Crippen LogP contribution in [0.3, 0.4) is 0 Å². The Kier molecular flexibility index (Phi) is 25.6. The Morgan fingerprint density at radius 1 is 0.205 bits per heavy atom. The molecule has 0 bridgehead atoms.